The number of esters is 1. The maximum absolute atomic E-state index is 13.6. The van der Waals surface area contributed by atoms with Crippen LogP contribution in [0.25, 0.3) is 0 Å². The number of halogens is 2. The smallest absolute Gasteiger partial charge is 0.321 e. The van der Waals surface area contributed by atoms with Crippen LogP contribution in [0.2, 0.25) is 0 Å². The highest BCUT2D eigenvalue weighted by atomic mass is 32.2. The van der Waals surface area contributed by atoms with Crippen molar-refractivity contribution in [3.63, 3.8) is 0 Å². The van der Waals surface area contributed by atoms with Crippen LogP contribution in [0, 0.1) is 18.6 Å². The molecule has 150 valence electrons. The summed E-state index contributed by atoms with van der Waals surface area (Å²) in [7, 11) is -4.63. The summed E-state index contributed by atoms with van der Waals surface area (Å²) in [5.74, 6) is -4.31. The van der Waals surface area contributed by atoms with Gasteiger partial charge in [-0.1, -0.05) is 23.8 Å². The number of rotatable bonds is 7. The topological polar surface area (TPSA) is 102 Å². The molecule has 2 aromatic carbocycles. The lowest BCUT2D eigenvalue weighted by Crippen LogP contribution is -2.36. The van der Waals surface area contributed by atoms with Crippen molar-refractivity contribution in [2.75, 3.05) is 11.9 Å². The molecule has 0 radical (unpaired) electrons. The van der Waals surface area contributed by atoms with Gasteiger partial charge in [-0.25, -0.2) is 17.2 Å². The number of benzene rings is 2. The third-order valence-electron chi connectivity index (χ3n) is 3.59. The molecule has 7 nitrogen and oxygen atoms in total. The first kappa shape index (κ1) is 21.5. The Kier molecular flexibility index (Phi) is 6.81. The van der Waals surface area contributed by atoms with Crippen LogP contribution in [0.1, 0.15) is 12.5 Å². The molecule has 2 rings (SSSR count). The first-order valence-corrected chi connectivity index (χ1v) is 9.59. The molecular weight excluding hydrogens is 394 g/mol. The quantitative estimate of drug-likeness (QED) is 0.679. The van der Waals surface area contributed by atoms with Gasteiger partial charge in [-0.05, 0) is 38.1 Å². The van der Waals surface area contributed by atoms with Gasteiger partial charge in [-0.3, -0.25) is 9.59 Å². The maximum atomic E-state index is 13.6. The Balaban J connectivity index is 1.92. The fourth-order valence-electron chi connectivity index (χ4n) is 2.14. The molecule has 2 N–H and O–H groups in total. The molecule has 0 aromatic heterocycles. The van der Waals surface area contributed by atoms with Crippen molar-refractivity contribution in [1.29, 1.82) is 0 Å². The predicted molar refractivity (Wildman–Crippen MR) is 96.9 cm³/mol. The zero-order valence-corrected chi connectivity index (χ0v) is 15.8. The van der Waals surface area contributed by atoms with Gasteiger partial charge in [-0.2, -0.15) is 4.72 Å². The summed E-state index contributed by atoms with van der Waals surface area (Å²) in [6.07, 6.45) is -1.22. The molecule has 0 bridgehead atoms. The van der Waals surface area contributed by atoms with E-state index in [1.165, 1.54) is 6.92 Å². The zero-order chi connectivity index (χ0) is 20.9. The number of carbonyl (C=O) groups excluding carboxylic acids is 2. The monoisotopic (exact) mass is 412 g/mol. The predicted octanol–water partition coefficient (Wildman–Crippen LogP) is 2.12. The molecule has 0 fully saturated rings. The van der Waals surface area contributed by atoms with Crippen LogP contribution in [0.4, 0.5) is 14.5 Å². The zero-order valence-electron chi connectivity index (χ0n) is 15.0. The van der Waals surface area contributed by atoms with Crippen molar-refractivity contribution in [3.8, 4) is 0 Å². The molecule has 0 unspecified atom stereocenters. The number of hydrogen-bond donors (Lipinski definition) is 2. The van der Waals surface area contributed by atoms with Crippen LogP contribution >= 0.6 is 0 Å². The van der Waals surface area contributed by atoms with Crippen molar-refractivity contribution in [2.24, 2.45) is 0 Å². The van der Waals surface area contributed by atoms with E-state index in [-0.39, 0.29) is 0 Å². The van der Waals surface area contributed by atoms with Gasteiger partial charge in [0, 0.05) is 5.69 Å². The van der Waals surface area contributed by atoms with Crippen LogP contribution in [0.15, 0.2) is 47.4 Å². The summed E-state index contributed by atoms with van der Waals surface area (Å²) in [5.41, 5.74) is 1.49. The van der Waals surface area contributed by atoms with Crippen LogP contribution in [0.3, 0.4) is 0 Å². The molecule has 0 aliphatic rings. The van der Waals surface area contributed by atoms with Crippen LogP contribution < -0.4 is 10.0 Å². The lowest BCUT2D eigenvalue weighted by molar-refractivity contribution is -0.151. The van der Waals surface area contributed by atoms with Crippen molar-refractivity contribution >= 4 is 27.6 Å². The second kappa shape index (κ2) is 8.89. The van der Waals surface area contributed by atoms with Crippen molar-refractivity contribution in [2.45, 2.75) is 24.8 Å². The Bertz CT molecular complexity index is 958. The summed E-state index contributed by atoms with van der Waals surface area (Å²) in [6, 6.07) is 9.44. The average Bonchev–Trinajstić information content (AvgIpc) is 2.61. The first-order chi connectivity index (χ1) is 13.1. The minimum Gasteiger partial charge on any atom is -0.452 e. The highest BCUT2D eigenvalue weighted by Gasteiger charge is 2.25. The number of ether oxygens (including phenoxy) is 1. The van der Waals surface area contributed by atoms with E-state index in [2.05, 4.69) is 5.32 Å². The molecule has 0 heterocycles. The van der Waals surface area contributed by atoms with E-state index in [9.17, 15) is 26.8 Å². The Morgan fingerprint density at radius 1 is 1.07 bits per heavy atom. The summed E-state index contributed by atoms with van der Waals surface area (Å²) >= 11 is 0. The Labute approximate surface area is 160 Å². The van der Waals surface area contributed by atoms with E-state index in [1.54, 1.807) is 29.0 Å². The number of amides is 1. The van der Waals surface area contributed by atoms with Crippen molar-refractivity contribution < 1.29 is 31.5 Å². The fraction of sp³-hybridized carbons (Fsp3) is 0.222. The van der Waals surface area contributed by atoms with E-state index >= 15 is 0 Å². The summed E-state index contributed by atoms with van der Waals surface area (Å²) in [4.78, 5) is 22.6. The second-order valence-electron chi connectivity index (χ2n) is 5.86. The van der Waals surface area contributed by atoms with Crippen molar-refractivity contribution in [1.82, 2.24) is 4.72 Å². The van der Waals surface area contributed by atoms with Crippen molar-refractivity contribution in [3.05, 3.63) is 59.7 Å². The van der Waals surface area contributed by atoms with Crippen LogP contribution in [-0.2, 0) is 24.3 Å². The average molecular weight is 412 g/mol. The molecule has 1 atom stereocenters. The molecule has 2 aromatic rings. The highest BCUT2D eigenvalue weighted by molar-refractivity contribution is 7.89. The SMILES string of the molecule is Cc1ccc(NC(=O)[C@@H](C)OC(=O)CNS(=O)(=O)c2c(F)cccc2F)cc1. The summed E-state index contributed by atoms with van der Waals surface area (Å²) in [6.45, 7) is 2.27. The van der Waals surface area contributed by atoms with E-state index in [1.807, 2.05) is 6.92 Å². The maximum Gasteiger partial charge on any atom is 0.321 e. The molecule has 0 aliphatic carbocycles. The van der Waals surface area contributed by atoms with Gasteiger partial charge in [0.25, 0.3) is 5.91 Å². The second-order valence-corrected chi connectivity index (χ2v) is 7.57. The summed E-state index contributed by atoms with van der Waals surface area (Å²) < 4.78 is 57.7. The van der Waals surface area contributed by atoms with Gasteiger partial charge in [-0.15, -0.1) is 0 Å². The van der Waals surface area contributed by atoms with Gasteiger partial charge < -0.3 is 10.1 Å². The number of nitrogens with one attached hydrogen (secondary N) is 2. The van der Waals surface area contributed by atoms with E-state index in [4.69, 9.17) is 4.74 Å². The number of hydrogen-bond acceptors (Lipinski definition) is 5. The number of anilines is 1. The van der Waals surface area contributed by atoms with E-state index in [0.29, 0.717) is 5.69 Å². The molecule has 0 spiro atoms. The Hall–Kier alpha value is -2.85. The summed E-state index contributed by atoms with van der Waals surface area (Å²) in [5, 5.41) is 2.53. The largest absolute Gasteiger partial charge is 0.452 e. The van der Waals surface area contributed by atoms with E-state index in [0.717, 1.165) is 23.8 Å². The Morgan fingerprint density at radius 3 is 2.21 bits per heavy atom. The van der Waals surface area contributed by atoms with Gasteiger partial charge in [0.2, 0.25) is 10.0 Å². The van der Waals surface area contributed by atoms with Gasteiger partial charge >= 0.3 is 5.97 Å². The lowest BCUT2D eigenvalue weighted by Gasteiger charge is -2.14. The van der Waals surface area contributed by atoms with E-state index < -0.39 is 51.1 Å². The van der Waals surface area contributed by atoms with Crippen LogP contribution in [-0.4, -0.2) is 32.9 Å². The first-order valence-electron chi connectivity index (χ1n) is 8.11. The molecule has 28 heavy (non-hydrogen) atoms. The van der Waals surface area contributed by atoms with Gasteiger partial charge in [0.05, 0.1) is 0 Å². The van der Waals surface area contributed by atoms with Gasteiger partial charge in [0.15, 0.2) is 11.0 Å². The normalized spacial score (nSPS) is 12.3. The number of sulfonamides is 1. The van der Waals surface area contributed by atoms with Gasteiger partial charge in [0.1, 0.15) is 18.2 Å². The number of aryl methyl sites for hydroxylation is 1. The fourth-order valence-corrected chi connectivity index (χ4v) is 3.24. The molecule has 0 aliphatic heterocycles. The minimum absolute atomic E-state index is 0.495. The highest BCUT2D eigenvalue weighted by Crippen LogP contribution is 2.17. The molecule has 0 saturated carbocycles. The minimum atomic E-state index is -4.63. The lowest BCUT2D eigenvalue weighted by atomic mass is 10.2. The molecule has 0 saturated heterocycles. The standard InChI is InChI=1S/C18H18F2N2O5S/c1-11-6-8-13(9-7-11)22-18(24)12(2)27-16(23)10-21-28(25,26)17-14(19)4-3-5-15(17)20/h3-9,12,21H,10H2,1-2H3,(H,22,24)/t12-/m1/s1. The Morgan fingerprint density at radius 2 is 1.64 bits per heavy atom. The molecular formula is C18H18F2N2O5S. The number of carbonyl (C=O) groups is 2. The third-order valence-corrected chi connectivity index (χ3v) is 5.04. The molecule has 1 amide bonds. The third kappa shape index (κ3) is 5.57. The van der Waals surface area contributed by atoms with Crippen LogP contribution in [0.5, 0.6) is 0 Å². The molecule has 10 heteroatoms.